The summed E-state index contributed by atoms with van der Waals surface area (Å²) >= 11 is 0. The Morgan fingerprint density at radius 3 is 2.63 bits per heavy atom. The highest BCUT2D eigenvalue weighted by molar-refractivity contribution is 8.93. The van der Waals surface area contributed by atoms with Crippen LogP contribution >= 0.6 is 17.0 Å². The third kappa shape index (κ3) is 6.10. The Morgan fingerprint density at radius 2 is 2.00 bits per heavy atom. The van der Waals surface area contributed by atoms with Crippen molar-refractivity contribution >= 4 is 38.7 Å². The molecule has 1 saturated carbocycles. The Labute approximate surface area is 217 Å². The molecule has 10 heteroatoms. The van der Waals surface area contributed by atoms with Crippen molar-refractivity contribution in [3.05, 3.63) is 58.4 Å². The van der Waals surface area contributed by atoms with E-state index < -0.39 is 15.4 Å². The van der Waals surface area contributed by atoms with E-state index in [-0.39, 0.29) is 53.9 Å². The summed E-state index contributed by atoms with van der Waals surface area (Å²) < 4.78 is 39.6. The van der Waals surface area contributed by atoms with Crippen LogP contribution in [0.15, 0.2) is 30.3 Å². The van der Waals surface area contributed by atoms with Crippen molar-refractivity contribution in [2.45, 2.75) is 63.7 Å². The first-order valence-corrected chi connectivity index (χ1v) is 13.3. The summed E-state index contributed by atoms with van der Waals surface area (Å²) in [6.07, 6.45) is 3.95. The first-order valence-electron chi connectivity index (χ1n) is 11.8. The summed E-state index contributed by atoms with van der Waals surface area (Å²) in [4.78, 5) is 19.5. The second kappa shape index (κ2) is 11.2. The highest BCUT2D eigenvalue weighted by atomic mass is 79.9. The predicted octanol–water partition coefficient (Wildman–Crippen LogP) is 5.08. The Balaban J connectivity index is 0.00000342. The molecule has 1 aromatic carbocycles. The third-order valence-electron chi connectivity index (χ3n) is 6.39. The molecule has 0 radical (unpaired) electrons. The van der Waals surface area contributed by atoms with Gasteiger partial charge in [-0.15, -0.1) is 17.0 Å². The standard InChI is InChI=1S/C25H31N3O5S.BrH/c1-3-5-6-23(34(30,31)32)19-11-9-17(13-22(19)33-4-2)21(29)15-28-14-18-10-12-20(16-7-8-16)27-24(18)25(28)26;/h9-13,16,23,26H,3-8,14-15H2,1-2H3,(H,30,31,32);1H. The van der Waals surface area contributed by atoms with Gasteiger partial charge < -0.3 is 9.64 Å². The fourth-order valence-corrected chi connectivity index (χ4v) is 5.37. The van der Waals surface area contributed by atoms with E-state index in [1.807, 2.05) is 19.1 Å². The van der Waals surface area contributed by atoms with Gasteiger partial charge >= 0.3 is 0 Å². The summed E-state index contributed by atoms with van der Waals surface area (Å²) in [6.45, 7) is 4.48. The third-order valence-corrected chi connectivity index (χ3v) is 7.60. The molecule has 0 spiro atoms. The van der Waals surface area contributed by atoms with Crippen molar-refractivity contribution in [3.8, 4) is 5.75 Å². The maximum absolute atomic E-state index is 13.1. The van der Waals surface area contributed by atoms with Crippen LogP contribution < -0.4 is 4.74 Å². The van der Waals surface area contributed by atoms with Crippen LogP contribution in [0.5, 0.6) is 5.75 Å². The predicted molar refractivity (Wildman–Crippen MR) is 140 cm³/mol. The molecule has 190 valence electrons. The SMILES string of the molecule is Br.CCCCC(c1ccc(C(=O)CN2Cc3ccc(C4CC4)nc3C2=N)cc1OCC)S(=O)(=O)O. The van der Waals surface area contributed by atoms with Crippen LogP contribution in [0, 0.1) is 5.41 Å². The lowest BCUT2D eigenvalue weighted by atomic mass is 10.0. The van der Waals surface area contributed by atoms with Gasteiger partial charge in [0, 0.05) is 34.8 Å². The van der Waals surface area contributed by atoms with E-state index in [1.54, 1.807) is 30.0 Å². The zero-order valence-corrected chi connectivity index (χ0v) is 22.5. The summed E-state index contributed by atoms with van der Waals surface area (Å²) in [7, 11) is -4.33. The van der Waals surface area contributed by atoms with Gasteiger partial charge in [-0.25, -0.2) is 4.98 Å². The van der Waals surface area contributed by atoms with Crippen molar-refractivity contribution in [1.82, 2.24) is 9.88 Å². The number of ketones is 1. The van der Waals surface area contributed by atoms with Crippen molar-refractivity contribution in [3.63, 3.8) is 0 Å². The van der Waals surface area contributed by atoms with Gasteiger partial charge in [0.1, 0.15) is 22.5 Å². The van der Waals surface area contributed by atoms with Crippen LogP contribution in [0.2, 0.25) is 0 Å². The number of aromatic nitrogens is 1. The molecule has 1 aromatic heterocycles. The van der Waals surface area contributed by atoms with E-state index >= 15 is 0 Å². The molecule has 1 aliphatic carbocycles. The number of carbonyl (C=O) groups excluding carboxylic acids is 1. The van der Waals surface area contributed by atoms with Crippen LogP contribution in [0.4, 0.5) is 0 Å². The average Bonchev–Trinajstić information content (AvgIpc) is 3.60. The van der Waals surface area contributed by atoms with Crippen molar-refractivity contribution < 1.29 is 22.5 Å². The van der Waals surface area contributed by atoms with Crippen LogP contribution in [0.1, 0.15) is 90.0 Å². The molecule has 2 aromatic rings. The van der Waals surface area contributed by atoms with Crippen molar-refractivity contribution in [2.24, 2.45) is 0 Å². The fraction of sp³-hybridized carbons (Fsp3) is 0.480. The molecule has 8 nitrogen and oxygen atoms in total. The number of rotatable bonds is 11. The number of hydrogen-bond donors (Lipinski definition) is 2. The minimum absolute atomic E-state index is 0. The maximum Gasteiger partial charge on any atom is 0.272 e. The number of halogens is 1. The largest absolute Gasteiger partial charge is 0.494 e. The van der Waals surface area contributed by atoms with Crippen LogP contribution in [0.25, 0.3) is 0 Å². The number of carbonyl (C=O) groups is 1. The van der Waals surface area contributed by atoms with Gasteiger partial charge in [0.05, 0.1) is 13.2 Å². The van der Waals surface area contributed by atoms with Gasteiger partial charge in [-0.2, -0.15) is 8.42 Å². The average molecular weight is 567 g/mol. The molecule has 0 saturated heterocycles. The zero-order chi connectivity index (χ0) is 24.5. The molecule has 1 fully saturated rings. The molecule has 1 unspecified atom stereocenters. The second-order valence-electron chi connectivity index (χ2n) is 8.98. The minimum Gasteiger partial charge on any atom is -0.494 e. The minimum atomic E-state index is -4.33. The molecule has 0 amide bonds. The van der Waals surface area contributed by atoms with Crippen molar-refractivity contribution in [1.29, 1.82) is 5.41 Å². The summed E-state index contributed by atoms with van der Waals surface area (Å²) in [5.74, 6) is 0.818. The quantitative estimate of drug-likeness (QED) is 0.288. The molecule has 2 N–H and O–H groups in total. The van der Waals surface area contributed by atoms with Crippen molar-refractivity contribution in [2.75, 3.05) is 13.2 Å². The van der Waals surface area contributed by atoms with E-state index in [0.29, 0.717) is 35.7 Å². The lowest BCUT2D eigenvalue weighted by Crippen LogP contribution is -2.30. The molecule has 2 heterocycles. The normalized spacial score (nSPS) is 16.0. The van der Waals surface area contributed by atoms with Gasteiger partial charge in [0.25, 0.3) is 10.1 Å². The molecular weight excluding hydrogens is 534 g/mol. The zero-order valence-electron chi connectivity index (χ0n) is 20.0. The monoisotopic (exact) mass is 565 g/mol. The molecule has 4 rings (SSSR count). The van der Waals surface area contributed by atoms with Gasteiger partial charge in [0.2, 0.25) is 0 Å². The molecule has 0 bridgehead atoms. The topological polar surface area (TPSA) is 121 Å². The van der Waals surface area contributed by atoms with E-state index in [1.165, 1.54) is 0 Å². The van der Waals surface area contributed by atoms with Gasteiger partial charge in [-0.05, 0) is 38.3 Å². The number of unbranched alkanes of at least 4 members (excludes halogenated alkanes) is 1. The first kappa shape index (κ1) is 27.3. The smallest absolute Gasteiger partial charge is 0.272 e. The Bertz CT molecular complexity index is 1210. The molecule has 1 atom stereocenters. The highest BCUT2D eigenvalue weighted by Gasteiger charge is 2.32. The van der Waals surface area contributed by atoms with Gasteiger partial charge in [-0.3, -0.25) is 14.8 Å². The number of fused-ring (bicyclic) bond motifs is 1. The van der Waals surface area contributed by atoms with Crippen LogP contribution in [-0.2, 0) is 16.7 Å². The van der Waals surface area contributed by atoms with E-state index in [9.17, 15) is 17.8 Å². The Hall–Kier alpha value is -2.30. The van der Waals surface area contributed by atoms with Gasteiger partial charge in [0.15, 0.2) is 5.78 Å². The summed E-state index contributed by atoms with van der Waals surface area (Å²) in [5, 5.41) is 7.42. The first-order chi connectivity index (χ1) is 16.2. The van der Waals surface area contributed by atoms with Crippen LogP contribution in [0.3, 0.4) is 0 Å². The summed E-state index contributed by atoms with van der Waals surface area (Å²) in [5.41, 5.74) is 3.33. The van der Waals surface area contributed by atoms with E-state index in [0.717, 1.165) is 30.5 Å². The van der Waals surface area contributed by atoms with E-state index in [4.69, 9.17) is 10.1 Å². The number of amidine groups is 1. The fourth-order valence-electron chi connectivity index (χ4n) is 4.38. The molecular formula is C25H32BrN3O5S. The Kier molecular flexibility index (Phi) is 8.72. The highest BCUT2D eigenvalue weighted by Crippen LogP contribution is 2.40. The maximum atomic E-state index is 13.1. The lowest BCUT2D eigenvalue weighted by Gasteiger charge is -2.20. The number of nitrogens with one attached hydrogen (secondary N) is 1. The molecule has 2 aliphatic rings. The number of nitrogens with zero attached hydrogens (tertiary/aromatic N) is 2. The number of Topliss-reactive ketones (excluding diaryl/α,β-unsaturated/α-hetero) is 1. The lowest BCUT2D eigenvalue weighted by molar-refractivity contribution is 0.0962. The molecule has 35 heavy (non-hydrogen) atoms. The molecule has 1 aliphatic heterocycles. The van der Waals surface area contributed by atoms with E-state index in [2.05, 4.69) is 4.98 Å². The number of hydrogen-bond acceptors (Lipinski definition) is 6. The van der Waals surface area contributed by atoms with Gasteiger partial charge in [-0.1, -0.05) is 38.0 Å². The number of benzene rings is 1. The number of ether oxygens (including phenoxy) is 1. The second-order valence-corrected chi connectivity index (χ2v) is 10.6. The summed E-state index contributed by atoms with van der Waals surface area (Å²) in [6, 6.07) is 8.69. The Morgan fingerprint density at radius 1 is 1.26 bits per heavy atom. The number of pyridine rings is 1. The van der Waals surface area contributed by atoms with Crippen LogP contribution in [-0.4, -0.2) is 47.6 Å².